The molecule has 2 amide bonds. The summed E-state index contributed by atoms with van der Waals surface area (Å²) in [6.45, 7) is 2.44. The second kappa shape index (κ2) is 8.87. The van der Waals surface area contributed by atoms with Crippen molar-refractivity contribution in [1.29, 1.82) is 0 Å². The first-order valence-electron chi connectivity index (χ1n) is 10.1. The van der Waals surface area contributed by atoms with Crippen molar-refractivity contribution in [3.63, 3.8) is 0 Å². The second-order valence-electron chi connectivity index (χ2n) is 7.64. The summed E-state index contributed by atoms with van der Waals surface area (Å²) in [5.41, 5.74) is 0.453. The van der Waals surface area contributed by atoms with Crippen LogP contribution < -0.4 is 4.72 Å². The van der Waals surface area contributed by atoms with Crippen LogP contribution in [0.2, 0.25) is 0 Å². The number of carbonyl (C=O) groups is 2. The van der Waals surface area contributed by atoms with Crippen LogP contribution in [0.25, 0.3) is 0 Å². The highest BCUT2D eigenvalue weighted by Crippen LogP contribution is 2.31. The van der Waals surface area contributed by atoms with Gasteiger partial charge in [0.2, 0.25) is 15.9 Å². The lowest BCUT2D eigenvalue weighted by Gasteiger charge is -2.35. The number of sulfonamides is 1. The summed E-state index contributed by atoms with van der Waals surface area (Å²) in [6.07, 6.45) is 2.61. The smallest absolute Gasteiger partial charge is 0.253 e. The molecule has 1 N–H and O–H groups in total. The highest BCUT2D eigenvalue weighted by atomic mass is 32.2. The Morgan fingerprint density at radius 1 is 1.00 bits per heavy atom. The van der Waals surface area contributed by atoms with Crippen LogP contribution in [0, 0.1) is 5.92 Å². The molecule has 0 unspecified atom stereocenters. The Labute approximate surface area is 180 Å². The summed E-state index contributed by atoms with van der Waals surface area (Å²) < 4.78 is 27.5. The van der Waals surface area contributed by atoms with Crippen LogP contribution in [-0.4, -0.2) is 62.8 Å². The Morgan fingerprint density at radius 3 is 2.27 bits per heavy atom. The summed E-state index contributed by atoms with van der Waals surface area (Å²) >= 11 is 1.60. The van der Waals surface area contributed by atoms with Crippen LogP contribution in [0.3, 0.4) is 0 Å². The van der Waals surface area contributed by atoms with Crippen LogP contribution in [0.4, 0.5) is 0 Å². The third kappa shape index (κ3) is 4.91. The molecule has 1 aromatic heterocycles. The molecule has 2 aliphatic rings. The van der Waals surface area contributed by atoms with Crippen molar-refractivity contribution in [2.75, 3.05) is 32.7 Å². The highest BCUT2D eigenvalue weighted by Gasteiger charge is 2.35. The molecule has 0 spiro atoms. The average Bonchev–Trinajstić information content (AvgIpc) is 3.49. The molecule has 1 saturated heterocycles. The molecular formula is C21H25N3O4S2. The van der Waals surface area contributed by atoms with Gasteiger partial charge in [-0.3, -0.25) is 9.59 Å². The Balaban J connectivity index is 1.31. The van der Waals surface area contributed by atoms with E-state index in [1.54, 1.807) is 28.4 Å². The van der Waals surface area contributed by atoms with Crippen LogP contribution in [0.1, 0.15) is 28.1 Å². The van der Waals surface area contributed by atoms with Gasteiger partial charge in [0, 0.05) is 49.1 Å². The van der Waals surface area contributed by atoms with Gasteiger partial charge in [0.15, 0.2) is 0 Å². The topological polar surface area (TPSA) is 86.8 Å². The fraction of sp³-hybridized carbons (Fsp3) is 0.429. The number of nitrogens with one attached hydrogen (secondary N) is 1. The van der Waals surface area contributed by atoms with Crippen molar-refractivity contribution in [1.82, 2.24) is 14.5 Å². The fourth-order valence-corrected chi connectivity index (χ4v) is 5.27. The maximum absolute atomic E-state index is 12.7. The number of amides is 2. The quantitative estimate of drug-likeness (QED) is 0.703. The van der Waals surface area contributed by atoms with E-state index in [0.717, 1.165) is 17.7 Å². The zero-order valence-corrected chi connectivity index (χ0v) is 18.3. The van der Waals surface area contributed by atoms with Gasteiger partial charge in [-0.05, 0) is 55.0 Å². The first-order valence-corrected chi connectivity index (χ1v) is 12.5. The summed E-state index contributed by atoms with van der Waals surface area (Å²) in [5, 5.41) is 1.96. The molecular weight excluding hydrogens is 422 g/mol. The zero-order chi connectivity index (χ0) is 21.1. The van der Waals surface area contributed by atoms with Gasteiger partial charge in [0.1, 0.15) is 0 Å². The maximum atomic E-state index is 12.7. The molecule has 2 fully saturated rings. The monoisotopic (exact) mass is 447 g/mol. The highest BCUT2D eigenvalue weighted by molar-refractivity contribution is 7.89. The van der Waals surface area contributed by atoms with E-state index >= 15 is 0 Å². The molecule has 2 heterocycles. The van der Waals surface area contributed by atoms with Gasteiger partial charge in [0.05, 0.1) is 4.90 Å². The van der Waals surface area contributed by atoms with Gasteiger partial charge >= 0.3 is 0 Å². The lowest BCUT2D eigenvalue weighted by molar-refractivity contribution is -0.134. The molecule has 0 radical (unpaired) electrons. The number of piperazine rings is 1. The second-order valence-corrected chi connectivity index (χ2v) is 10.4. The van der Waals surface area contributed by atoms with E-state index in [-0.39, 0.29) is 22.6 Å². The van der Waals surface area contributed by atoms with Gasteiger partial charge in [-0.2, -0.15) is 0 Å². The largest absolute Gasteiger partial charge is 0.339 e. The van der Waals surface area contributed by atoms with Crippen molar-refractivity contribution < 1.29 is 18.0 Å². The molecule has 0 bridgehead atoms. The Bertz CT molecular complexity index is 991. The lowest BCUT2D eigenvalue weighted by Crippen LogP contribution is -2.51. The van der Waals surface area contributed by atoms with Gasteiger partial charge < -0.3 is 9.80 Å². The van der Waals surface area contributed by atoms with Gasteiger partial charge in [-0.25, -0.2) is 13.1 Å². The van der Waals surface area contributed by atoms with Crippen molar-refractivity contribution in [3.05, 3.63) is 52.2 Å². The number of hydrogen-bond acceptors (Lipinski definition) is 5. The van der Waals surface area contributed by atoms with Crippen LogP contribution >= 0.6 is 11.3 Å². The molecule has 30 heavy (non-hydrogen) atoms. The average molecular weight is 448 g/mol. The minimum absolute atomic E-state index is 0.136. The summed E-state index contributed by atoms with van der Waals surface area (Å²) in [7, 11) is -3.61. The third-order valence-corrected chi connectivity index (χ3v) is 7.87. The molecule has 9 heteroatoms. The van der Waals surface area contributed by atoms with E-state index in [1.807, 2.05) is 22.4 Å². The molecule has 7 nitrogen and oxygen atoms in total. The first-order chi connectivity index (χ1) is 14.4. The third-order valence-electron chi connectivity index (χ3n) is 5.46. The molecule has 1 aliphatic carbocycles. The number of rotatable bonds is 7. The van der Waals surface area contributed by atoms with Gasteiger partial charge in [-0.15, -0.1) is 11.3 Å². The Kier molecular flexibility index (Phi) is 6.21. The number of carbonyl (C=O) groups excluding carboxylic acids is 2. The fourth-order valence-electron chi connectivity index (χ4n) is 3.52. The summed E-state index contributed by atoms with van der Waals surface area (Å²) in [4.78, 5) is 29.7. The first kappa shape index (κ1) is 21.0. The van der Waals surface area contributed by atoms with E-state index in [9.17, 15) is 18.0 Å². The predicted molar refractivity (Wildman–Crippen MR) is 115 cm³/mol. The minimum atomic E-state index is -3.61. The van der Waals surface area contributed by atoms with E-state index < -0.39 is 10.0 Å². The Morgan fingerprint density at radius 2 is 1.67 bits per heavy atom. The van der Waals surface area contributed by atoms with E-state index in [0.29, 0.717) is 44.7 Å². The van der Waals surface area contributed by atoms with Crippen LogP contribution in [0.5, 0.6) is 0 Å². The lowest BCUT2D eigenvalue weighted by atomic mass is 10.1. The molecule has 1 aliphatic heterocycles. The van der Waals surface area contributed by atoms with Crippen LogP contribution in [-0.2, 0) is 21.2 Å². The molecule has 1 aromatic carbocycles. The predicted octanol–water partition coefficient (Wildman–Crippen LogP) is 1.96. The molecule has 4 rings (SSSR count). The number of nitrogens with zero attached hydrogens (tertiary/aromatic N) is 2. The Hall–Kier alpha value is -2.23. The minimum Gasteiger partial charge on any atom is -0.339 e. The standard InChI is InChI=1S/C21H25N3O4S2/c25-20(16-3-4-16)23-11-13-24(14-12-23)21(26)17-5-7-19(8-6-17)30(27,28)22-10-9-18-2-1-15-29-18/h1-2,5-8,15-16,22H,3-4,9-14H2. The van der Waals surface area contributed by atoms with Crippen molar-refractivity contribution in [2.24, 2.45) is 5.92 Å². The van der Waals surface area contributed by atoms with E-state index in [1.165, 1.54) is 12.1 Å². The normalized spacial score (nSPS) is 17.2. The van der Waals surface area contributed by atoms with E-state index in [2.05, 4.69) is 4.72 Å². The van der Waals surface area contributed by atoms with Crippen molar-refractivity contribution >= 4 is 33.2 Å². The molecule has 0 atom stereocenters. The van der Waals surface area contributed by atoms with E-state index in [4.69, 9.17) is 0 Å². The maximum Gasteiger partial charge on any atom is 0.253 e. The van der Waals surface area contributed by atoms with Crippen LogP contribution in [0.15, 0.2) is 46.7 Å². The number of thiophene rings is 1. The summed E-state index contributed by atoms with van der Waals surface area (Å²) in [5.74, 6) is 0.270. The number of hydrogen-bond donors (Lipinski definition) is 1. The number of benzene rings is 1. The molecule has 160 valence electrons. The van der Waals surface area contributed by atoms with Gasteiger partial charge in [0.25, 0.3) is 5.91 Å². The van der Waals surface area contributed by atoms with Gasteiger partial charge in [-0.1, -0.05) is 6.07 Å². The zero-order valence-electron chi connectivity index (χ0n) is 16.6. The van der Waals surface area contributed by atoms with Crippen molar-refractivity contribution in [3.8, 4) is 0 Å². The molecule has 1 saturated carbocycles. The van der Waals surface area contributed by atoms with Crippen molar-refractivity contribution in [2.45, 2.75) is 24.2 Å². The molecule has 2 aromatic rings. The summed E-state index contributed by atoms with van der Waals surface area (Å²) in [6, 6.07) is 9.95. The SMILES string of the molecule is O=C(c1ccc(S(=O)(=O)NCCc2cccs2)cc1)N1CCN(C(=O)C2CC2)CC1.